The van der Waals surface area contributed by atoms with Crippen molar-refractivity contribution in [3.63, 3.8) is 0 Å². The smallest absolute Gasteiger partial charge is 0.272 e. The zero-order valence-corrected chi connectivity index (χ0v) is 26.0. The van der Waals surface area contributed by atoms with Crippen LogP contribution in [0.15, 0.2) is 108 Å². The van der Waals surface area contributed by atoms with E-state index >= 15 is 0 Å². The Bertz CT molecular complexity index is 1640. The van der Waals surface area contributed by atoms with Crippen molar-refractivity contribution in [2.75, 3.05) is 24.9 Å². The van der Waals surface area contributed by atoms with Crippen LogP contribution in [0.25, 0.3) is 6.08 Å². The summed E-state index contributed by atoms with van der Waals surface area (Å²) in [5.41, 5.74) is 2.16. The van der Waals surface area contributed by atoms with Gasteiger partial charge in [0.1, 0.15) is 17.2 Å². The molecule has 44 heavy (non-hydrogen) atoms. The van der Waals surface area contributed by atoms with Crippen molar-refractivity contribution >= 4 is 58.5 Å². The summed E-state index contributed by atoms with van der Waals surface area (Å²) in [6.07, 6.45) is 2.14. The maximum absolute atomic E-state index is 13.5. The topological polar surface area (TPSA) is 106 Å². The molecule has 4 rings (SSSR count). The van der Waals surface area contributed by atoms with E-state index in [1.165, 1.54) is 18.9 Å². The fraction of sp³-hybridized carbons (Fsp3) is 0.147. The maximum Gasteiger partial charge on any atom is 0.272 e. The normalized spacial score (nSPS) is 11.7. The Kier molecular flexibility index (Phi) is 11.5. The lowest BCUT2D eigenvalue weighted by Gasteiger charge is -2.17. The Morgan fingerprint density at radius 3 is 2.30 bits per heavy atom. The van der Waals surface area contributed by atoms with Crippen molar-refractivity contribution in [1.29, 1.82) is 0 Å². The molecular formula is C34H32ClN3O5S. The summed E-state index contributed by atoms with van der Waals surface area (Å²) in [5, 5.41) is 8.56. The number of hydrogen-bond donors (Lipinski definition) is 3. The molecule has 8 nitrogen and oxygen atoms in total. The summed E-state index contributed by atoms with van der Waals surface area (Å²) in [4.78, 5) is 40.4. The van der Waals surface area contributed by atoms with Gasteiger partial charge in [-0.05, 0) is 78.7 Å². The molecule has 0 spiro atoms. The van der Waals surface area contributed by atoms with Crippen molar-refractivity contribution in [3.8, 4) is 11.5 Å². The highest BCUT2D eigenvalue weighted by Crippen LogP contribution is 2.32. The molecule has 226 valence electrons. The molecule has 0 heterocycles. The highest BCUT2D eigenvalue weighted by Gasteiger charge is 2.21. The second kappa shape index (κ2) is 15.7. The number of thioether (sulfide) groups is 1. The average molecular weight is 630 g/mol. The van der Waals surface area contributed by atoms with Crippen LogP contribution < -0.4 is 25.4 Å². The van der Waals surface area contributed by atoms with E-state index in [9.17, 15) is 14.4 Å². The van der Waals surface area contributed by atoms with Crippen LogP contribution in [0, 0.1) is 0 Å². The SMILES string of the molecule is CCC(Sc1cccc(NC(=O)/C(=C\c2ccc(OC)cc2)NC(=O)c2ccccc2)c1)C(=O)Nc1cc(Cl)ccc1OC. The number of rotatable bonds is 12. The van der Waals surface area contributed by atoms with Gasteiger partial charge in [-0.3, -0.25) is 14.4 Å². The number of anilines is 2. The molecule has 0 radical (unpaired) electrons. The molecular weight excluding hydrogens is 598 g/mol. The van der Waals surface area contributed by atoms with Crippen molar-refractivity contribution in [1.82, 2.24) is 5.32 Å². The van der Waals surface area contributed by atoms with Gasteiger partial charge in [0.2, 0.25) is 5.91 Å². The number of hydrogen-bond acceptors (Lipinski definition) is 6. The lowest BCUT2D eigenvalue weighted by atomic mass is 10.1. The van der Waals surface area contributed by atoms with Crippen LogP contribution in [0.1, 0.15) is 29.3 Å². The van der Waals surface area contributed by atoms with Gasteiger partial charge in [-0.2, -0.15) is 0 Å². The largest absolute Gasteiger partial charge is 0.497 e. The van der Waals surface area contributed by atoms with Crippen LogP contribution in [0.4, 0.5) is 11.4 Å². The standard InChI is InChI=1S/C34H32ClN3O5S/c1-4-31(34(41)37-28-20-24(35)15-18-30(28)43-3)44-27-12-8-11-25(21-27)36-33(40)29(19-22-13-16-26(42-2)17-14-22)38-32(39)23-9-6-5-7-10-23/h5-21,31H,4H2,1-3H3,(H,36,40)(H,37,41)(H,38,39)/b29-19+. The summed E-state index contributed by atoms with van der Waals surface area (Å²) < 4.78 is 10.6. The van der Waals surface area contributed by atoms with Gasteiger partial charge < -0.3 is 25.4 Å². The number of nitrogens with one attached hydrogen (secondary N) is 3. The third-order valence-corrected chi connectivity index (χ3v) is 8.00. The number of benzene rings is 4. The Morgan fingerprint density at radius 1 is 0.864 bits per heavy atom. The number of amides is 3. The Hall–Kier alpha value is -4.73. The Balaban J connectivity index is 1.51. The first-order chi connectivity index (χ1) is 21.3. The highest BCUT2D eigenvalue weighted by molar-refractivity contribution is 8.00. The summed E-state index contributed by atoms with van der Waals surface area (Å²) in [5.74, 6) is 0.0376. The fourth-order valence-corrected chi connectivity index (χ4v) is 5.32. The third kappa shape index (κ3) is 8.89. The first kappa shape index (κ1) is 32.2. The summed E-state index contributed by atoms with van der Waals surface area (Å²) >= 11 is 7.48. The van der Waals surface area contributed by atoms with E-state index in [2.05, 4.69) is 16.0 Å². The second-order valence-electron chi connectivity index (χ2n) is 9.48. The van der Waals surface area contributed by atoms with E-state index in [0.717, 1.165) is 4.90 Å². The van der Waals surface area contributed by atoms with E-state index in [1.54, 1.807) is 98.1 Å². The number of ether oxygens (including phenoxy) is 2. The molecule has 0 aromatic heterocycles. The van der Waals surface area contributed by atoms with Crippen molar-refractivity contribution < 1.29 is 23.9 Å². The summed E-state index contributed by atoms with van der Waals surface area (Å²) in [6, 6.07) is 27.9. The molecule has 0 saturated heterocycles. The maximum atomic E-state index is 13.5. The van der Waals surface area contributed by atoms with Gasteiger partial charge in [0.25, 0.3) is 11.8 Å². The van der Waals surface area contributed by atoms with E-state index in [1.807, 2.05) is 19.1 Å². The molecule has 1 atom stereocenters. The first-order valence-corrected chi connectivity index (χ1v) is 15.0. The van der Waals surface area contributed by atoms with Gasteiger partial charge in [-0.15, -0.1) is 11.8 Å². The fourth-order valence-electron chi connectivity index (χ4n) is 4.13. The minimum atomic E-state index is -0.509. The lowest BCUT2D eigenvalue weighted by Crippen LogP contribution is -2.30. The van der Waals surface area contributed by atoms with Crippen LogP contribution in [0.3, 0.4) is 0 Å². The van der Waals surface area contributed by atoms with Crippen molar-refractivity contribution in [2.24, 2.45) is 0 Å². The van der Waals surface area contributed by atoms with Gasteiger partial charge >= 0.3 is 0 Å². The van der Waals surface area contributed by atoms with Crippen LogP contribution >= 0.6 is 23.4 Å². The molecule has 4 aromatic carbocycles. The van der Waals surface area contributed by atoms with Crippen molar-refractivity contribution in [2.45, 2.75) is 23.5 Å². The number of halogens is 1. The number of carbonyl (C=O) groups excluding carboxylic acids is 3. The molecule has 4 aromatic rings. The Morgan fingerprint density at radius 2 is 1.61 bits per heavy atom. The zero-order valence-electron chi connectivity index (χ0n) is 24.4. The summed E-state index contributed by atoms with van der Waals surface area (Å²) in [7, 11) is 3.09. The molecule has 3 amide bonds. The van der Waals surface area contributed by atoms with E-state index in [4.69, 9.17) is 21.1 Å². The van der Waals surface area contributed by atoms with E-state index in [-0.39, 0.29) is 11.6 Å². The van der Waals surface area contributed by atoms with Gasteiger partial charge in [0.15, 0.2) is 0 Å². The predicted octanol–water partition coefficient (Wildman–Crippen LogP) is 7.28. The van der Waals surface area contributed by atoms with E-state index in [0.29, 0.717) is 45.4 Å². The molecule has 0 aliphatic heterocycles. The van der Waals surface area contributed by atoms with Crippen LogP contribution in [0.5, 0.6) is 11.5 Å². The molecule has 1 unspecified atom stereocenters. The minimum absolute atomic E-state index is 0.0587. The van der Waals surface area contributed by atoms with Gasteiger partial charge in [-0.1, -0.05) is 54.9 Å². The van der Waals surface area contributed by atoms with Gasteiger partial charge in [0.05, 0.1) is 25.2 Å². The van der Waals surface area contributed by atoms with Crippen LogP contribution in [-0.4, -0.2) is 37.2 Å². The van der Waals surface area contributed by atoms with Gasteiger partial charge in [-0.25, -0.2) is 0 Å². The predicted molar refractivity (Wildman–Crippen MR) is 177 cm³/mol. The molecule has 0 aliphatic carbocycles. The number of methoxy groups -OCH3 is 2. The molecule has 0 saturated carbocycles. The zero-order chi connectivity index (χ0) is 31.5. The summed E-state index contributed by atoms with van der Waals surface area (Å²) in [6.45, 7) is 1.92. The Labute approximate surface area is 265 Å². The lowest BCUT2D eigenvalue weighted by molar-refractivity contribution is -0.116. The quantitative estimate of drug-likeness (QED) is 0.112. The molecule has 0 aliphatic rings. The minimum Gasteiger partial charge on any atom is -0.497 e. The van der Waals surface area contributed by atoms with Gasteiger partial charge in [0, 0.05) is 21.2 Å². The molecule has 0 bridgehead atoms. The van der Waals surface area contributed by atoms with Crippen LogP contribution in [0.2, 0.25) is 5.02 Å². The highest BCUT2D eigenvalue weighted by atomic mass is 35.5. The molecule has 10 heteroatoms. The van der Waals surface area contributed by atoms with Crippen molar-refractivity contribution in [3.05, 3.63) is 119 Å². The molecule has 3 N–H and O–H groups in total. The van der Waals surface area contributed by atoms with E-state index < -0.39 is 17.1 Å². The average Bonchev–Trinajstić information content (AvgIpc) is 3.04. The second-order valence-corrected chi connectivity index (χ2v) is 11.2. The number of carbonyl (C=O) groups is 3. The monoisotopic (exact) mass is 629 g/mol. The first-order valence-electron chi connectivity index (χ1n) is 13.7. The van der Waals surface area contributed by atoms with Crippen LogP contribution in [-0.2, 0) is 9.59 Å². The third-order valence-electron chi connectivity index (χ3n) is 6.41. The molecule has 0 fully saturated rings.